The summed E-state index contributed by atoms with van der Waals surface area (Å²) in [7, 11) is -3.73. The van der Waals surface area contributed by atoms with Crippen molar-refractivity contribution in [3.8, 4) is 0 Å². The van der Waals surface area contributed by atoms with Crippen molar-refractivity contribution >= 4 is 21.7 Å². The number of hydrogen-bond donors (Lipinski definition) is 2. The monoisotopic (exact) mass is 408 g/mol. The Morgan fingerprint density at radius 2 is 1.70 bits per heavy atom. The molecule has 0 atom stereocenters. The van der Waals surface area contributed by atoms with Gasteiger partial charge in [0.05, 0.1) is 31.1 Å². The van der Waals surface area contributed by atoms with Crippen molar-refractivity contribution in [1.29, 1.82) is 0 Å². The molecule has 1 aliphatic heterocycles. The van der Waals surface area contributed by atoms with Crippen LogP contribution in [0, 0.1) is 0 Å². The minimum atomic E-state index is -4.46. The number of quaternary nitrogens is 1. The Bertz CT molecular complexity index is 786. The highest BCUT2D eigenvalue weighted by atomic mass is 32.2. The number of carbonyl (C=O) groups is 2. The van der Waals surface area contributed by atoms with Crippen molar-refractivity contribution in [2.75, 3.05) is 39.3 Å². The molecule has 1 fully saturated rings. The van der Waals surface area contributed by atoms with E-state index in [0.717, 1.165) is 0 Å². The normalized spacial score (nSPS) is 16.9. The van der Waals surface area contributed by atoms with E-state index in [0.29, 0.717) is 23.6 Å². The Morgan fingerprint density at radius 3 is 2.19 bits per heavy atom. The molecule has 0 unspecified atom stereocenters. The van der Waals surface area contributed by atoms with Gasteiger partial charge in [0.1, 0.15) is 6.54 Å². The Morgan fingerprint density at radius 1 is 1.15 bits per heavy atom. The van der Waals surface area contributed by atoms with Crippen molar-refractivity contribution in [1.82, 2.24) is 9.62 Å². The maximum Gasteiger partial charge on any atom is 0.405 e. The first-order valence-electron chi connectivity index (χ1n) is 8.27. The fourth-order valence-electron chi connectivity index (χ4n) is 2.72. The van der Waals surface area contributed by atoms with E-state index in [1.54, 1.807) is 0 Å². The highest BCUT2D eigenvalue weighted by molar-refractivity contribution is 7.89. The minimum absolute atomic E-state index is 0.0684. The zero-order valence-electron chi connectivity index (χ0n) is 14.7. The molecule has 2 N–H and O–H groups in total. The molecule has 1 saturated heterocycles. The van der Waals surface area contributed by atoms with Crippen LogP contribution in [0.5, 0.6) is 0 Å². The molecule has 27 heavy (non-hydrogen) atoms. The number of alkyl halides is 3. The van der Waals surface area contributed by atoms with Gasteiger partial charge in [0.15, 0.2) is 12.3 Å². The molecular weight excluding hydrogens is 387 g/mol. The highest BCUT2D eigenvalue weighted by Crippen LogP contribution is 2.16. The summed E-state index contributed by atoms with van der Waals surface area (Å²) in [4.78, 5) is 23.6. The molecular formula is C16H21F3N3O4S+. The summed E-state index contributed by atoms with van der Waals surface area (Å²) in [6.45, 7) is 0.787. The van der Waals surface area contributed by atoms with E-state index in [1.165, 1.54) is 35.5 Å². The van der Waals surface area contributed by atoms with Gasteiger partial charge in [-0.05, 0) is 19.1 Å². The third-order valence-corrected chi connectivity index (χ3v) is 6.14. The van der Waals surface area contributed by atoms with E-state index in [2.05, 4.69) is 0 Å². The van der Waals surface area contributed by atoms with Gasteiger partial charge in [0.25, 0.3) is 5.91 Å². The lowest BCUT2D eigenvalue weighted by Gasteiger charge is -2.31. The highest BCUT2D eigenvalue weighted by Gasteiger charge is 2.32. The lowest BCUT2D eigenvalue weighted by molar-refractivity contribution is -0.895. The summed E-state index contributed by atoms with van der Waals surface area (Å²) >= 11 is 0. The summed E-state index contributed by atoms with van der Waals surface area (Å²) in [5.41, 5.74) is 0.410. The molecule has 11 heteroatoms. The van der Waals surface area contributed by atoms with Gasteiger partial charge in [-0.2, -0.15) is 17.5 Å². The van der Waals surface area contributed by atoms with Crippen LogP contribution in [0.15, 0.2) is 29.2 Å². The van der Waals surface area contributed by atoms with Crippen LogP contribution in [0.25, 0.3) is 0 Å². The molecule has 0 radical (unpaired) electrons. The summed E-state index contributed by atoms with van der Waals surface area (Å²) in [6.07, 6.45) is -4.46. The van der Waals surface area contributed by atoms with Gasteiger partial charge in [-0.3, -0.25) is 9.59 Å². The van der Waals surface area contributed by atoms with E-state index in [9.17, 15) is 31.2 Å². The van der Waals surface area contributed by atoms with Gasteiger partial charge in [-0.1, -0.05) is 12.1 Å². The van der Waals surface area contributed by atoms with Gasteiger partial charge in [-0.15, -0.1) is 0 Å². The van der Waals surface area contributed by atoms with Crippen LogP contribution in [-0.2, 0) is 14.8 Å². The molecule has 0 saturated carbocycles. The van der Waals surface area contributed by atoms with Crippen molar-refractivity contribution in [2.45, 2.75) is 18.0 Å². The topological polar surface area (TPSA) is 88.0 Å². The Hall–Kier alpha value is -1.98. The first-order chi connectivity index (χ1) is 12.5. The van der Waals surface area contributed by atoms with E-state index in [1.807, 2.05) is 5.32 Å². The number of carbonyl (C=O) groups excluding carboxylic acids is 2. The zero-order chi connectivity index (χ0) is 20.2. The molecule has 1 aromatic rings. The Labute approximate surface area is 155 Å². The molecule has 0 aromatic heterocycles. The smallest absolute Gasteiger partial charge is 0.342 e. The lowest BCUT2D eigenvalue weighted by atomic mass is 10.2. The maximum absolute atomic E-state index is 12.6. The molecule has 0 bridgehead atoms. The first kappa shape index (κ1) is 21.3. The average Bonchev–Trinajstić information content (AvgIpc) is 2.60. The average molecular weight is 408 g/mol. The SMILES string of the molecule is CC(=O)c1ccc(S(=O)(=O)N2CC[NH+](CC(=O)NCC(F)(F)F)CC2)cc1. The van der Waals surface area contributed by atoms with Crippen LogP contribution in [0.3, 0.4) is 0 Å². The molecule has 7 nitrogen and oxygen atoms in total. The first-order valence-corrected chi connectivity index (χ1v) is 9.71. The van der Waals surface area contributed by atoms with Crippen LogP contribution < -0.4 is 10.2 Å². The van der Waals surface area contributed by atoms with Crippen LogP contribution in [0.4, 0.5) is 13.2 Å². The van der Waals surface area contributed by atoms with Crippen LogP contribution in [-0.4, -0.2) is 69.9 Å². The fraction of sp³-hybridized carbons (Fsp3) is 0.500. The van der Waals surface area contributed by atoms with Gasteiger partial charge in [-0.25, -0.2) is 8.42 Å². The summed E-state index contributed by atoms with van der Waals surface area (Å²) < 4.78 is 62.8. The predicted molar refractivity (Wildman–Crippen MR) is 89.8 cm³/mol. The molecule has 150 valence electrons. The van der Waals surface area contributed by atoms with Crippen molar-refractivity contribution < 1.29 is 36.1 Å². The zero-order valence-corrected chi connectivity index (χ0v) is 15.5. The van der Waals surface area contributed by atoms with Gasteiger partial charge < -0.3 is 10.2 Å². The number of sulfonamides is 1. The largest absolute Gasteiger partial charge is 0.405 e. The standard InChI is InChI=1S/C16H20F3N3O4S/c1-12(23)13-2-4-14(5-3-13)27(25,26)22-8-6-21(7-9-22)10-15(24)20-11-16(17,18)19/h2-5H,6-11H2,1H3,(H,20,24)/p+1. The summed E-state index contributed by atoms with van der Waals surface area (Å²) in [5.74, 6) is -0.890. The van der Waals surface area contributed by atoms with Gasteiger partial charge in [0, 0.05) is 5.56 Å². The van der Waals surface area contributed by atoms with E-state index in [-0.39, 0.29) is 30.3 Å². The maximum atomic E-state index is 12.6. The second-order valence-corrected chi connectivity index (χ2v) is 8.24. The second kappa shape index (κ2) is 8.36. The molecule has 1 aromatic carbocycles. The van der Waals surface area contributed by atoms with Crippen LogP contribution in [0.1, 0.15) is 17.3 Å². The van der Waals surface area contributed by atoms with E-state index < -0.39 is 28.7 Å². The molecule has 0 spiro atoms. The molecule has 1 amide bonds. The number of hydrogen-bond acceptors (Lipinski definition) is 4. The van der Waals surface area contributed by atoms with Crippen LogP contribution in [0.2, 0.25) is 0 Å². The minimum Gasteiger partial charge on any atom is -0.342 e. The number of amides is 1. The third kappa shape index (κ3) is 6.01. The predicted octanol–water partition coefficient (Wildman–Crippen LogP) is -0.543. The van der Waals surface area contributed by atoms with Crippen molar-refractivity contribution in [3.63, 3.8) is 0 Å². The van der Waals surface area contributed by atoms with Crippen LogP contribution >= 0.6 is 0 Å². The molecule has 1 heterocycles. The van der Waals surface area contributed by atoms with Crippen molar-refractivity contribution in [3.05, 3.63) is 29.8 Å². The number of rotatable bonds is 6. The lowest BCUT2D eigenvalue weighted by Crippen LogP contribution is -3.15. The number of benzene rings is 1. The van der Waals surface area contributed by atoms with E-state index >= 15 is 0 Å². The number of nitrogens with zero attached hydrogens (tertiary/aromatic N) is 1. The number of halogens is 3. The fourth-order valence-corrected chi connectivity index (χ4v) is 4.16. The van der Waals surface area contributed by atoms with Gasteiger partial charge in [0.2, 0.25) is 10.0 Å². The molecule has 2 rings (SSSR count). The summed E-state index contributed by atoms with van der Waals surface area (Å²) in [5, 5.41) is 1.81. The number of piperazine rings is 1. The second-order valence-electron chi connectivity index (χ2n) is 6.30. The van der Waals surface area contributed by atoms with Gasteiger partial charge >= 0.3 is 6.18 Å². The third-order valence-electron chi connectivity index (χ3n) is 4.22. The Balaban J connectivity index is 1.90. The molecule has 1 aliphatic rings. The number of nitrogens with one attached hydrogen (secondary N) is 2. The number of ketones is 1. The number of Topliss-reactive ketones (excluding diaryl/α,β-unsaturated/α-hetero) is 1. The summed E-state index contributed by atoms with van der Waals surface area (Å²) in [6, 6.07) is 5.63. The molecule has 0 aliphatic carbocycles. The van der Waals surface area contributed by atoms with E-state index in [4.69, 9.17) is 0 Å². The van der Waals surface area contributed by atoms with Crippen molar-refractivity contribution in [2.24, 2.45) is 0 Å². The Kier molecular flexibility index (Phi) is 6.60. The quantitative estimate of drug-likeness (QED) is 0.619.